The van der Waals surface area contributed by atoms with Gasteiger partial charge in [-0.15, -0.1) is 5.92 Å². The van der Waals surface area contributed by atoms with Crippen molar-refractivity contribution in [3.63, 3.8) is 0 Å². The van der Waals surface area contributed by atoms with E-state index in [4.69, 9.17) is 0 Å². The number of rotatable bonds is 5. The molecule has 1 N–H and O–H groups in total. The van der Waals surface area contributed by atoms with Crippen LogP contribution in [0, 0.1) is 18.8 Å². The minimum absolute atomic E-state index is 0.637. The van der Waals surface area contributed by atoms with Crippen LogP contribution in [0.5, 0.6) is 0 Å². The minimum Gasteiger partial charge on any atom is -0.376 e. The number of unbranched alkanes of at least 4 members (excludes halogenated alkanes) is 4. The highest BCUT2D eigenvalue weighted by Gasteiger charge is 2.05. The molecule has 92 valence electrons. The van der Waals surface area contributed by atoms with Gasteiger partial charge in [0.15, 0.2) is 0 Å². The predicted molar refractivity (Wildman–Crippen MR) is 72.7 cm³/mol. The first-order chi connectivity index (χ1) is 8.25. The quantitative estimate of drug-likeness (QED) is 0.598. The van der Waals surface area contributed by atoms with Gasteiger partial charge in [0.2, 0.25) is 0 Å². The fraction of sp³-hybridized carbons (Fsp3) is 0.500. The van der Waals surface area contributed by atoms with Gasteiger partial charge in [0, 0.05) is 6.42 Å². The second-order valence-electron chi connectivity index (χ2n) is 4.39. The summed E-state index contributed by atoms with van der Waals surface area (Å²) in [5.74, 6) is 5.99. The molecule has 0 aromatic heterocycles. The highest BCUT2D eigenvalue weighted by Crippen LogP contribution is 2.16. The maximum Gasteiger partial charge on any atom is 0.140 e. The second kappa shape index (κ2) is 7.92. The number of hydrogen-bond donors (Lipinski definition) is 1. The van der Waals surface area contributed by atoms with Gasteiger partial charge in [0.05, 0.1) is 0 Å². The third-order valence-corrected chi connectivity index (χ3v) is 2.88. The monoisotopic (exact) mass is 230 g/mol. The van der Waals surface area contributed by atoms with Gasteiger partial charge in [0.1, 0.15) is 6.10 Å². The van der Waals surface area contributed by atoms with E-state index >= 15 is 0 Å². The first kappa shape index (κ1) is 13.8. The summed E-state index contributed by atoms with van der Waals surface area (Å²) < 4.78 is 0. The summed E-state index contributed by atoms with van der Waals surface area (Å²) >= 11 is 0. The molecule has 0 saturated carbocycles. The zero-order valence-electron chi connectivity index (χ0n) is 10.9. The van der Waals surface area contributed by atoms with Crippen LogP contribution in [0.15, 0.2) is 24.3 Å². The molecule has 0 heterocycles. The standard InChI is InChI=1S/C16H22O/c1-3-4-5-6-7-8-13-16(17)15-12-10-9-11-14(15)2/h9-12,16-17H,3-7H2,1-2H3/t16-/m1/s1. The largest absolute Gasteiger partial charge is 0.376 e. The fourth-order valence-electron chi connectivity index (χ4n) is 1.78. The Morgan fingerprint density at radius 2 is 1.94 bits per heavy atom. The van der Waals surface area contributed by atoms with Crippen LogP contribution in [0.4, 0.5) is 0 Å². The van der Waals surface area contributed by atoms with E-state index in [0.717, 1.165) is 24.0 Å². The second-order valence-corrected chi connectivity index (χ2v) is 4.39. The smallest absolute Gasteiger partial charge is 0.140 e. The average Bonchev–Trinajstić information content (AvgIpc) is 2.34. The zero-order valence-corrected chi connectivity index (χ0v) is 10.9. The number of aryl methyl sites for hydroxylation is 1. The summed E-state index contributed by atoms with van der Waals surface area (Å²) in [4.78, 5) is 0. The third kappa shape index (κ3) is 5.06. The number of hydrogen-bond acceptors (Lipinski definition) is 1. The molecule has 0 saturated heterocycles. The molecule has 1 heteroatoms. The Balaban J connectivity index is 2.41. The summed E-state index contributed by atoms with van der Waals surface area (Å²) in [6, 6.07) is 7.85. The van der Waals surface area contributed by atoms with E-state index in [9.17, 15) is 5.11 Å². The summed E-state index contributed by atoms with van der Waals surface area (Å²) in [7, 11) is 0. The molecule has 0 amide bonds. The van der Waals surface area contributed by atoms with Crippen LogP contribution < -0.4 is 0 Å². The van der Waals surface area contributed by atoms with E-state index in [2.05, 4.69) is 18.8 Å². The van der Waals surface area contributed by atoms with Crippen LogP contribution in [-0.4, -0.2) is 5.11 Å². The fourth-order valence-corrected chi connectivity index (χ4v) is 1.78. The van der Waals surface area contributed by atoms with Crippen molar-refractivity contribution in [2.75, 3.05) is 0 Å². The van der Waals surface area contributed by atoms with E-state index in [1.54, 1.807) is 0 Å². The molecule has 0 radical (unpaired) electrons. The van der Waals surface area contributed by atoms with Crippen LogP contribution in [0.3, 0.4) is 0 Å². The Bertz CT molecular complexity index is 384. The third-order valence-electron chi connectivity index (χ3n) is 2.88. The summed E-state index contributed by atoms with van der Waals surface area (Å²) in [5, 5.41) is 9.93. The minimum atomic E-state index is -0.637. The zero-order chi connectivity index (χ0) is 12.5. The van der Waals surface area contributed by atoms with Crippen LogP contribution in [0.2, 0.25) is 0 Å². The molecule has 1 atom stereocenters. The molecule has 1 aromatic rings. The topological polar surface area (TPSA) is 20.2 Å². The van der Waals surface area contributed by atoms with E-state index in [1.807, 2.05) is 31.2 Å². The Labute approximate surface area is 105 Å². The van der Waals surface area contributed by atoms with Crippen molar-refractivity contribution in [3.8, 4) is 11.8 Å². The van der Waals surface area contributed by atoms with Gasteiger partial charge < -0.3 is 5.11 Å². The van der Waals surface area contributed by atoms with Crippen LogP contribution in [0.1, 0.15) is 56.3 Å². The lowest BCUT2D eigenvalue weighted by atomic mass is 10.0. The average molecular weight is 230 g/mol. The van der Waals surface area contributed by atoms with Crippen molar-refractivity contribution >= 4 is 0 Å². The van der Waals surface area contributed by atoms with E-state index in [0.29, 0.717) is 0 Å². The lowest BCUT2D eigenvalue weighted by Crippen LogP contribution is -1.96. The molecule has 0 unspecified atom stereocenters. The van der Waals surface area contributed by atoms with Gasteiger partial charge >= 0.3 is 0 Å². The van der Waals surface area contributed by atoms with E-state index in [1.165, 1.54) is 19.3 Å². The Morgan fingerprint density at radius 3 is 2.65 bits per heavy atom. The van der Waals surface area contributed by atoms with Crippen molar-refractivity contribution in [1.29, 1.82) is 0 Å². The van der Waals surface area contributed by atoms with Crippen molar-refractivity contribution in [3.05, 3.63) is 35.4 Å². The highest BCUT2D eigenvalue weighted by molar-refractivity contribution is 5.32. The molecular weight excluding hydrogens is 208 g/mol. The van der Waals surface area contributed by atoms with Gasteiger partial charge in [-0.25, -0.2) is 0 Å². The van der Waals surface area contributed by atoms with Gasteiger partial charge in [-0.2, -0.15) is 0 Å². The number of benzene rings is 1. The number of aliphatic hydroxyl groups is 1. The normalized spacial score (nSPS) is 11.7. The summed E-state index contributed by atoms with van der Waals surface area (Å²) in [6.45, 7) is 4.20. The molecule has 1 rings (SSSR count). The van der Waals surface area contributed by atoms with Gasteiger partial charge in [-0.3, -0.25) is 0 Å². The van der Waals surface area contributed by atoms with Crippen LogP contribution in [-0.2, 0) is 0 Å². The molecule has 0 fully saturated rings. The summed E-state index contributed by atoms with van der Waals surface area (Å²) in [6.07, 6.45) is 5.17. The SMILES string of the molecule is CCCCCCC#C[C@@H](O)c1ccccc1C. The maximum atomic E-state index is 9.93. The van der Waals surface area contributed by atoms with Crippen LogP contribution in [0.25, 0.3) is 0 Å². The highest BCUT2D eigenvalue weighted by atomic mass is 16.3. The Hall–Kier alpha value is -1.26. The molecule has 1 nitrogen and oxygen atoms in total. The van der Waals surface area contributed by atoms with Crippen LogP contribution >= 0.6 is 0 Å². The van der Waals surface area contributed by atoms with E-state index < -0.39 is 6.10 Å². The molecular formula is C16H22O. The Kier molecular flexibility index (Phi) is 6.43. The summed E-state index contributed by atoms with van der Waals surface area (Å²) in [5.41, 5.74) is 2.02. The molecule has 0 aliphatic heterocycles. The first-order valence-electron chi connectivity index (χ1n) is 6.47. The van der Waals surface area contributed by atoms with Crippen molar-refractivity contribution in [2.24, 2.45) is 0 Å². The van der Waals surface area contributed by atoms with Crippen molar-refractivity contribution in [1.82, 2.24) is 0 Å². The molecule has 0 aliphatic carbocycles. The first-order valence-corrected chi connectivity index (χ1v) is 6.47. The van der Waals surface area contributed by atoms with Gasteiger partial charge in [-0.05, 0) is 24.5 Å². The van der Waals surface area contributed by atoms with Crippen molar-refractivity contribution < 1.29 is 5.11 Å². The van der Waals surface area contributed by atoms with Crippen molar-refractivity contribution in [2.45, 2.75) is 52.1 Å². The van der Waals surface area contributed by atoms with Gasteiger partial charge in [0.25, 0.3) is 0 Å². The van der Waals surface area contributed by atoms with Gasteiger partial charge in [-0.1, -0.05) is 56.4 Å². The predicted octanol–water partition coefficient (Wildman–Crippen LogP) is 4.00. The maximum absolute atomic E-state index is 9.93. The molecule has 0 spiro atoms. The molecule has 0 bridgehead atoms. The number of aliphatic hydroxyl groups excluding tert-OH is 1. The Morgan fingerprint density at radius 1 is 1.18 bits per heavy atom. The lowest BCUT2D eigenvalue weighted by molar-refractivity contribution is 0.237. The van der Waals surface area contributed by atoms with E-state index in [-0.39, 0.29) is 0 Å². The molecule has 1 aromatic carbocycles. The lowest BCUT2D eigenvalue weighted by Gasteiger charge is -2.06. The molecule has 17 heavy (non-hydrogen) atoms. The molecule has 0 aliphatic rings.